The molecule has 0 atom stereocenters. The molecule has 84 valence electrons. The molecule has 3 nitrogen and oxygen atoms in total. The van der Waals surface area contributed by atoms with Gasteiger partial charge in [0.1, 0.15) is 11.6 Å². The van der Waals surface area contributed by atoms with Gasteiger partial charge in [-0.1, -0.05) is 26.7 Å². The topological polar surface area (TPSA) is 51.8 Å². The van der Waals surface area contributed by atoms with E-state index in [2.05, 4.69) is 46.4 Å². The highest BCUT2D eigenvalue weighted by Crippen LogP contribution is 2.18. The number of rotatable bonds is 5. The zero-order valence-corrected chi connectivity index (χ0v) is 11.5. The van der Waals surface area contributed by atoms with Gasteiger partial charge < -0.3 is 5.73 Å². The van der Waals surface area contributed by atoms with Crippen molar-refractivity contribution in [3.05, 3.63) is 15.1 Å². The molecule has 2 N–H and O–H groups in total. The first-order valence-electron chi connectivity index (χ1n) is 5.49. The Kier molecular flexibility index (Phi) is 5.28. The third-order valence-electron chi connectivity index (χ3n) is 2.23. The molecule has 1 rings (SSSR count). The Labute approximate surface area is 105 Å². The minimum Gasteiger partial charge on any atom is -0.383 e. The summed E-state index contributed by atoms with van der Waals surface area (Å²) in [5.74, 6) is 1.54. The molecule has 0 aromatic carbocycles. The lowest BCUT2D eigenvalue weighted by Gasteiger charge is -2.07. The summed E-state index contributed by atoms with van der Waals surface area (Å²) in [6.45, 7) is 4.32. The Morgan fingerprint density at radius 3 is 2.47 bits per heavy atom. The van der Waals surface area contributed by atoms with Crippen molar-refractivity contribution >= 4 is 28.4 Å². The zero-order valence-electron chi connectivity index (χ0n) is 9.39. The highest BCUT2D eigenvalue weighted by atomic mass is 127. The standard InChI is InChI=1S/C11H18IN3/c1-3-5-7-9-14-8(6-4-2)10(12)11(13)15-9/h3-7H2,1-2H3,(H2,13,14,15). The third kappa shape index (κ3) is 3.59. The van der Waals surface area contributed by atoms with Crippen molar-refractivity contribution < 1.29 is 0 Å². The fourth-order valence-electron chi connectivity index (χ4n) is 1.41. The summed E-state index contributed by atoms with van der Waals surface area (Å²) in [6, 6.07) is 0. The van der Waals surface area contributed by atoms with Gasteiger partial charge in [0.15, 0.2) is 0 Å². The molecule has 0 aliphatic rings. The van der Waals surface area contributed by atoms with Crippen LogP contribution in [0.25, 0.3) is 0 Å². The summed E-state index contributed by atoms with van der Waals surface area (Å²) < 4.78 is 1.02. The molecule has 0 fully saturated rings. The van der Waals surface area contributed by atoms with Crippen molar-refractivity contribution in [2.75, 3.05) is 5.73 Å². The van der Waals surface area contributed by atoms with Crippen LogP contribution in [-0.4, -0.2) is 9.97 Å². The van der Waals surface area contributed by atoms with Crippen LogP contribution in [0.15, 0.2) is 0 Å². The average molecular weight is 319 g/mol. The van der Waals surface area contributed by atoms with E-state index in [1.165, 1.54) is 6.42 Å². The van der Waals surface area contributed by atoms with Gasteiger partial charge in [-0.3, -0.25) is 0 Å². The predicted molar refractivity (Wildman–Crippen MR) is 71.8 cm³/mol. The van der Waals surface area contributed by atoms with Gasteiger partial charge in [0.25, 0.3) is 0 Å². The molecule has 0 aliphatic heterocycles. The van der Waals surface area contributed by atoms with E-state index < -0.39 is 0 Å². The normalized spacial score (nSPS) is 10.6. The number of aryl methyl sites for hydroxylation is 2. The van der Waals surface area contributed by atoms with Gasteiger partial charge in [-0.05, 0) is 35.4 Å². The van der Waals surface area contributed by atoms with Gasteiger partial charge in [-0.25, -0.2) is 9.97 Å². The Morgan fingerprint density at radius 2 is 1.87 bits per heavy atom. The van der Waals surface area contributed by atoms with E-state index in [4.69, 9.17) is 5.73 Å². The summed E-state index contributed by atoms with van der Waals surface area (Å²) in [6.07, 6.45) is 5.32. The van der Waals surface area contributed by atoms with Gasteiger partial charge in [0.05, 0.1) is 9.26 Å². The molecule has 0 radical (unpaired) electrons. The van der Waals surface area contributed by atoms with E-state index in [1.807, 2.05) is 0 Å². The molecule has 1 aromatic heterocycles. The molecule has 0 amide bonds. The maximum atomic E-state index is 5.86. The van der Waals surface area contributed by atoms with Crippen LogP contribution in [0.5, 0.6) is 0 Å². The molecule has 0 spiro atoms. The summed E-state index contributed by atoms with van der Waals surface area (Å²) in [5, 5.41) is 0. The lowest BCUT2D eigenvalue weighted by Crippen LogP contribution is -2.07. The van der Waals surface area contributed by atoms with Gasteiger partial charge in [0, 0.05) is 6.42 Å². The zero-order chi connectivity index (χ0) is 11.3. The first-order valence-corrected chi connectivity index (χ1v) is 6.57. The van der Waals surface area contributed by atoms with Crippen LogP contribution in [0.4, 0.5) is 5.82 Å². The molecule has 15 heavy (non-hydrogen) atoms. The number of hydrogen-bond acceptors (Lipinski definition) is 3. The lowest BCUT2D eigenvalue weighted by atomic mass is 10.2. The number of nitrogens with two attached hydrogens (primary N) is 1. The molecule has 4 heteroatoms. The molecular weight excluding hydrogens is 301 g/mol. The van der Waals surface area contributed by atoms with E-state index in [1.54, 1.807) is 0 Å². The van der Waals surface area contributed by atoms with Crippen molar-refractivity contribution in [2.24, 2.45) is 0 Å². The van der Waals surface area contributed by atoms with E-state index in [0.29, 0.717) is 5.82 Å². The van der Waals surface area contributed by atoms with Crippen molar-refractivity contribution in [1.29, 1.82) is 0 Å². The maximum absolute atomic E-state index is 5.86. The number of anilines is 1. The number of nitrogen functional groups attached to an aromatic ring is 1. The lowest BCUT2D eigenvalue weighted by molar-refractivity contribution is 0.737. The van der Waals surface area contributed by atoms with E-state index in [-0.39, 0.29) is 0 Å². The SMILES string of the molecule is CCCCc1nc(N)c(I)c(CCC)n1. The second kappa shape index (κ2) is 6.25. The molecular formula is C11H18IN3. The molecule has 1 aromatic rings. The third-order valence-corrected chi connectivity index (χ3v) is 3.41. The quantitative estimate of drug-likeness (QED) is 0.849. The second-order valence-corrected chi connectivity index (χ2v) is 4.72. The van der Waals surface area contributed by atoms with Gasteiger partial charge in [0.2, 0.25) is 0 Å². The number of aromatic nitrogens is 2. The Hall–Kier alpha value is -0.390. The fraction of sp³-hybridized carbons (Fsp3) is 0.636. The Morgan fingerprint density at radius 1 is 1.13 bits per heavy atom. The van der Waals surface area contributed by atoms with Crippen LogP contribution in [-0.2, 0) is 12.8 Å². The maximum Gasteiger partial charge on any atom is 0.140 e. The number of hydrogen-bond donors (Lipinski definition) is 1. The van der Waals surface area contributed by atoms with Gasteiger partial charge in [-0.15, -0.1) is 0 Å². The van der Waals surface area contributed by atoms with Crippen molar-refractivity contribution in [3.8, 4) is 0 Å². The van der Waals surface area contributed by atoms with E-state index >= 15 is 0 Å². The van der Waals surface area contributed by atoms with Crippen molar-refractivity contribution in [2.45, 2.75) is 46.0 Å². The van der Waals surface area contributed by atoms with Crippen molar-refractivity contribution in [1.82, 2.24) is 9.97 Å². The van der Waals surface area contributed by atoms with Crippen LogP contribution >= 0.6 is 22.6 Å². The van der Waals surface area contributed by atoms with Crippen LogP contribution in [0, 0.1) is 3.57 Å². The van der Waals surface area contributed by atoms with Crippen molar-refractivity contribution in [3.63, 3.8) is 0 Å². The summed E-state index contributed by atoms with van der Waals surface area (Å²) in [7, 11) is 0. The van der Waals surface area contributed by atoms with E-state index in [0.717, 1.165) is 40.8 Å². The van der Waals surface area contributed by atoms with E-state index in [9.17, 15) is 0 Å². The largest absolute Gasteiger partial charge is 0.383 e. The minimum atomic E-state index is 0.639. The first-order chi connectivity index (χ1) is 7.19. The minimum absolute atomic E-state index is 0.639. The fourth-order valence-corrected chi connectivity index (χ4v) is 1.93. The smallest absolute Gasteiger partial charge is 0.140 e. The molecule has 1 heterocycles. The Bertz CT molecular complexity index is 326. The monoisotopic (exact) mass is 319 g/mol. The average Bonchev–Trinajstić information content (AvgIpc) is 2.22. The molecule has 0 unspecified atom stereocenters. The van der Waals surface area contributed by atoms with Crippen LogP contribution in [0.1, 0.15) is 44.6 Å². The highest BCUT2D eigenvalue weighted by molar-refractivity contribution is 14.1. The highest BCUT2D eigenvalue weighted by Gasteiger charge is 2.08. The number of nitrogens with zero attached hydrogens (tertiary/aromatic N) is 2. The predicted octanol–water partition coefficient (Wildman–Crippen LogP) is 2.96. The summed E-state index contributed by atoms with van der Waals surface area (Å²) in [4.78, 5) is 8.87. The van der Waals surface area contributed by atoms with Gasteiger partial charge in [-0.2, -0.15) is 0 Å². The molecule has 0 saturated carbocycles. The summed E-state index contributed by atoms with van der Waals surface area (Å²) in [5.41, 5.74) is 6.97. The molecule has 0 bridgehead atoms. The summed E-state index contributed by atoms with van der Waals surface area (Å²) >= 11 is 2.23. The number of unbranched alkanes of at least 4 members (excludes halogenated alkanes) is 1. The van der Waals surface area contributed by atoms with Crippen LogP contribution < -0.4 is 5.73 Å². The first kappa shape index (κ1) is 12.7. The van der Waals surface area contributed by atoms with Crippen LogP contribution in [0.3, 0.4) is 0 Å². The Balaban J connectivity index is 2.90. The van der Waals surface area contributed by atoms with Crippen LogP contribution in [0.2, 0.25) is 0 Å². The molecule has 0 aliphatic carbocycles. The molecule has 0 saturated heterocycles. The number of halogens is 1. The second-order valence-electron chi connectivity index (χ2n) is 3.64. The van der Waals surface area contributed by atoms with Gasteiger partial charge >= 0.3 is 0 Å².